The van der Waals surface area contributed by atoms with Gasteiger partial charge in [-0.25, -0.2) is 0 Å². The van der Waals surface area contributed by atoms with E-state index in [1.54, 1.807) is 0 Å². The monoisotopic (exact) mass is 284 g/mol. The van der Waals surface area contributed by atoms with Gasteiger partial charge in [-0.1, -0.05) is 48.0 Å². The maximum absolute atomic E-state index is 6.11. The first-order chi connectivity index (χ1) is 5.99. The van der Waals surface area contributed by atoms with Gasteiger partial charge in [-0.15, -0.1) is 11.6 Å². The minimum Gasteiger partial charge on any atom is -0.123 e. The Kier molecular flexibility index (Phi) is 7.20. The Morgan fingerprint density at radius 3 is 2.38 bits per heavy atom. The van der Waals surface area contributed by atoms with Crippen molar-refractivity contribution >= 4 is 39.1 Å². The summed E-state index contributed by atoms with van der Waals surface area (Å²) in [6, 6.07) is 0. The Morgan fingerprint density at radius 2 is 2.08 bits per heavy atom. The van der Waals surface area contributed by atoms with Gasteiger partial charge in [-0.05, 0) is 29.3 Å². The van der Waals surface area contributed by atoms with E-state index in [1.807, 2.05) is 4.99 Å². The molecule has 0 aliphatic heterocycles. The molecule has 0 amide bonds. The van der Waals surface area contributed by atoms with Gasteiger partial charge >= 0.3 is 0 Å². The Bertz CT molecular complexity index is 197. The quantitative estimate of drug-likeness (QED) is 0.489. The van der Waals surface area contributed by atoms with Crippen molar-refractivity contribution in [3.8, 4) is 0 Å². The summed E-state index contributed by atoms with van der Waals surface area (Å²) in [5.41, 5.74) is 1.02. The number of hydrogen-bond donors (Lipinski definition) is 0. The lowest BCUT2D eigenvalue weighted by atomic mass is 10.0. The predicted molar refractivity (Wildman–Crippen MR) is 65.7 cm³/mol. The van der Waals surface area contributed by atoms with E-state index < -0.39 is 0 Å². The van der Waals surface area contributed by atoms with Crippen molar-refractivity contribution in [1.82, 2.24) is 0 Å². The highest BCUT2D eigenvalue weighted by Gasteiger charge is 2.10. The van der Waals surface area contributed by atoms with Gasteiger partial charge < -0.3 is 0 Å². The van der Waals surface area contributed by atoms with Gasteiger partial charge in [-0.3, -0.25) is 0 Å². The molecule has 76 valence electrons. The van der Waals surface area contributed by atoms with E-state index in [0.717, 1.165) is 18.4 Å². The molecular weight excluding hydrogens is 271 g/mol. The molecule has 0 aliphatic carbocycles. The van der Waals surface area contributed by atoms with Gasteiger partial charge in [0, 0.05) is 10.4 Å². The Balaban J connectivity index is 3.94. The second kappa shape index (κ2) is 6.92. The van der Waals surface area contributed by atoms with Crippen molar-refractivity contribution in [1.29, 1.82) is 0 Å². The average molecular weight is 286 g/mol. The van der Waals surface area contributed by atoms with Crippen LogP contribution in [0.4, 0.5) is 0 Å². The van der Waals surface area contributed by atoms with Crippen molar-refractivity contribution in [3.05, 3.63) is 22.2 Å². The predicted octanol–water partition coefficient (Wildman–Crippen LogP) is 5.06. The smallest absolute Gasteiger partial charge is 0.0371 e. The topological polar surface area (TPSA) is 0 Å². The first-order valence-electron chi connectivity index (χ1n) is 4.27. The minimum absolute atomic E-state index is 0.207. The lowest BCUT2D eigenvalue weighted by molar-refractivity contribution is 0.566. The summed E-state index contributed by atoms with van der Waals surface area (Å²) in [5.74, 6) is 0.502. The van der Waals surface area contributed by atoms with E-state index in [9.17, 15) is 0 Å². The van der Waals surface area contributed by atoms with E-state index >= 15 is 0 Å². The van der Waals surface area contributed by atoms with E-state index in [1.165, 1.54) is 0 Å². The van der Waals surface area contributed by atoms with Crippen LogP contribution in [-0.4, -0.2) is 5.38 Å². The first kappa shape index (κ1) is 13.5. The van der Waals surface area contributed by atoms with Crippen LogP contribution in [0.2, 0.25) is 0 Å². The molecule has 0 saturated heterocycles. The maximum Gasteiger partial charge on any atom is 0.0371 e. The van der Waals surface area contributed by atoms with Crippen LogP contribution in [0.1, 0.15) is 26.7 Å². The molecule has 0 aromatic rings. The van der Waals surface area contributed by atoms with E-state index in [4.69, 9.17) is 23.2 Å². The summed E-state index contributed by atoms with van der Waals surface area (Å²) < 4.78 is 0. The zero-order valence-electron chi connectivity index (χ0n) is 7.99. The van der Waals surface area contributed by atoms with Crippen LogP contribution in [0.3, 0.4) is 0 Å². The molecule has 0 N–H and O–H groups in total. The van der Waals surface area contributed by atoms with Crippen LogP contribution < -0.4 is 0 Å². The summed E-state index contributed by atoms with van der Waals surface area (Å²) in [7, 11) is 0. The summed E-state index contributed by atoms with van der Waals surface area (Å²) in [6.45, 7) is 7.90. The molecule has 0 saturated carbocycles. The third-order valence-corrected chi connectivity index (χ3v) is 3.41. The average Bonchev–Trinajstić information content (AvgIpc) is 2.04. The molecule has 0 aromatic carbocycles. The van der Waals surface area contributed by atoms with E-state index in [0.29, 0.717) is 11.0 Å². The molecule has 1 atom stereocenters. The summed E-state index contributed by atoms with van der Waals surface area (Å²) in [5, 5.41) is 0.794. The molecular formula is C10H15BrCl2. The molecule has 1 unspecified atom stereocenters. The lowest BCUT2D eigenvalue weighted by Crippen LogP contribution is -2.07. The van der Waals surface area contributed by atoms with Crippen molar-refractivity contribution in [2.45, 2.75) is 32.1 Å². The van der Waals surface area contributed by atoms with Crippen molar-refractivity contribution in [2.24, 2.45) is 5.92 Å². The summed E-state index contributed by atoms with van der Waals surface area (Å²) >= 11 is 15.1. The molecule has 0 aromatic heterocycles. The molecule has 0 aliphatic rings. The van der Waals surface area contributed by atoms with Crippen LogP contribution in [0.15, 0.2) is 22.2 Å². The number of rotatable bonds is 5. The van der Waals surface area contributed by atoms with Crippen molar-refractivity contribution in [3.63, 3.8) is 0 Å². The normalized spacial score (nSPS) is 14.8. The van der Waals surface area contributed by atoms with Crippen molar-refractivity contribution in [2.75, 3.05) is 0 Å². The third kappa shape index (κ3) is 5.77. The molecule has 0 radical (unpaired) electrons. The van der Waals surface area contributed by atoms with Crippen LogP contribution in [0, 0.1) is 5.92 Å². The fraction of sp³-hybridized carbons (Fsp3) is 0.600. The molecule has 0 nitrogen and oxygen atoms in total. The molecule has 0 bridgehead atoms. The Hall–Kier alpha value is 0.540. The Labute approximate surface area is 99.1 Å². The third-order valence-electron chi connectivity index (χ3n) is 1.89. The number of allylic oxidation sites excluding steroid dienone is 2. The Morgan fingerprint density at radius 1 is 1.54 bits per heavy atom. The fourth-order valence-corrected chi connectivity index (χ4v) is 1.77. The number of hydrogen-bond acceptors (Lipinski definition) is 0. The second-order valence-electron chi connectivity index (χ2n) is 3.34. The molecule has 3 heteroatoms. The first-order valence-corrected chi connectivity index (χ1v) is 6.00. The highest BCUT2D eigenvalue weighted by Crippen LogP contribution is 2.24. The van der Waals surface area contributed by atoms with Gasteiger partial charge in [0.15, 0.2) is 0 Å². The van der Waals surface area contributed by atoms with Gasteiger partial charge in [0.05, 0.1) is 0 Å². The van der Waals surface area contributed by atoms with Gasteiger partial charge in [-0.2, -0.15) is 0 Å². The maximum atomic E-state index is 6.11. The van der Waals surface area contributed by atoms with Crippen molar-refractivity contribution < 1.29 is 0 Å². The highest BCUT2D eigenvalue weighted by molar-refractivity contribution is 9.11. The molecule has 0 fully saturated rings. The zero-order chi connectivity index (χ0) is 10.4. The molecule has 13 heavy (non-hydrogen) atoms. The standard InChI is InChI=1S/C10H15BrCl2/c1-7(2)10(13)5-4-9(6-11)8(3)12/h6-7,10H,3-5H2,1-2H3/b9-6-. The minimum atomic E-state index is 0.207. The SMILES string of the molecule is C=C(Cl)/C(=C\Br)CCC(Cl)C(C)C. The fourth-order valence-electron chi connectivity index (χ4n) is 0.876. The number of halogens is 3. The van der Waals surface area contributed by atoms with Gasteiger partial charge in [0.1, 0.15) is 0 Å². The van der Waals surface area contributed by atoms with Gasteiger partial charge in [0.2, 0.25) is 0 Å². The second-order valence-corrected chi connectivity index (χ2v) is 4.81. The molecule has 0 rings (SSSR count). The van der Waals surface area contributed by atoms with Crippen LogP contribution in [-0.2, 0) is 0 Å². The molecule has 0 spiro atoms. The summed E-state index contributed by atoms with van der Waals surface area (Å²) in [6.07, 6.45) is 1.81. The van der Waals surface area contributed by atoms with Crippen LogP contribution in [0.5, 0.6) is 0 Å². The largest absolute Gasteiger partial charge is 0.123 e. The van der Waals surface area contributed by atoms with E-state index in [2.05, 4.69) is 36.4 Å². The van der Waals surface area contributed by atoms with E-state index in [-0.39, 0.29) is 5.38 Å². The number of alkyl halides is 1. The van der Waals surface area contributed by atoms with Gasteiger partial charge in [0.25, 0.3) is 0 Å². The zero-order valence-corrected chi connectivity index (χ0v) is 11.1. The summed E-state index contributed by atoms with van der Waals surface area (Å²) in [4.78, 5) is 1.81. The van der Waals surface area contributed by atoms with Crippen LogP contribution in [0.25, 0.3) is 0 Å². The van der Waals surface area contributed by atoms with Crippen LogP contribution >= 0.6 is 39.1 Å². The lowest BCUT2D eigenvalue weighted by Gasteiger charge is -2.13. The molecule has 0 heterocycles. The highest BCUT2D eigenvalue weighted by atomic mass is 79.9.